The molecule has 1 aliphatic rings. The summed E-state index contributed by atoms with van der Waals surface area (Å²) in [6, 6.07) is 9.81. The molecule has 1 amide bonds. The Morgan fingerprint density at radius 3 is 2.70 bits per heavy atom. The number of carbonyl (C=O) groups excluding carboxylic acids is 2. The van der Waals surface area contributed by atoms with Crippen molar-refractivity contribution in [2.75, 3.05) is 6.54 Å². The molecule has 0 bridgehead atoms. The van der Waals surface area contributed by atoms with Crippen LogP contribution in [0.2, 0.25) is 0 Å². The highest BCUT2D eigenvalue weighted by Gasteiger charge is 2.30. The quantitative estimate of drug-likeness (QED) is 0.431. The Bertz CT molecular complexity index is 653. The number of aliphatic carboxylic acids is 1. The first-order chi connectivity index (χ1) is 11.1. The number of hydrogen-bond acceptors (Lipinski definition) is 5. The Morgan fingerprint density at radius 1 is 1.26 bits per heavy atom. The number of carboxylic acids is 1. The second-order valence-corrected chi connectivity index (χ2v) is 6.63. The molecule has 0 radical (unpaired) electrons. The van der Waals surface area contributed by atoms with Gasteiger partial charge in [0.05, 0.1) is 4.91 Å². The van der Waals surface area contributed by atoms with Crippen molar-refractivity contribution in [1.82, 2.24) is 4.90 Å². The zero-order valence-electron chi connectivity index (χ0n) is 12.4. The molecule has 0 unspecified atom stereocenters. The average Bonchev–Trinajstić information content (AvgIpc) is 2.79. The minimum absolute atomic E-state index is 0.00441. The Kier molecular flexibility index (Phi) is 6.55. The second-order valence-electron chi connectivity index (χ2n) is 4.95. The standard InChI is InChI=1S/C17H17NO3S2/c19-15(20)11-4-5-12-18-16(21)14(23-17(18)22)10-6-9-13-7-2-1-3-8-13/h1-3,6-10H,4-5,11-12H2,(H,19,20)/p-1/b9-6+,14-10+. The van der Waals surface area contributed by atoms with Crippen molar-refractivity contribution in [1.29, 1.82) is 0 Å². The number of carbonyl (C=O) groups is 2. The van der Waals surface area contributed by atoms with E-state index in [2.05, 4.69) is 0 Å². The van der Waals surface area contributed by atoms with E-state index in [-0.39, 0.29) is 12.3 Å². The van der Waals surface area contributed by atoms with Crippen LogP contribution in [0.25, 0.3) is 6.08 Å². The van der Waals surface area contributed by atoms with Crippen molar-refractivity contribution < 1.29 is 14.7 Å². The SMILES string of the molecule is O=C([O-])CCCCN1C(=O)/C(=C\C=C\c2ccccc2)SC1=S. The zero-order chi connectivity index (χ0) is 16.7. The molecule has 23 heavy (non-hydrogen) atoms. The number of unbranched alkanes of at least 4 members (excludes halogenated alkanes) is 1. The van der Waals surface area contributed by atoms with Gasteiger partial charge in [-0.2, -0.15) is 0 Å². The molecule has 1 aromatic carbocycles. The van der Waals surface area contributed by atoms with Crippen molar-refractivity contribution in [2.24, 2.45) is 0 Å². The van der Waals surface area contributed by atoms with Gasteiger partial charge in [0.25, 0.3) is 5.91 Å². The van der Waals surface area contributed by atoms with Crippen molar-refractivity contribution in [3.05, 3.63) is 53.0 Å². The Hall–Kier alpha value is -1.92. The molecule has 4 nitrogen and oxygen atoms in total. The minimum atomic E-state index is -1.07. The summed E-state index contributed by atoms with van der Waals surface area (Å²) < 4.78 is 0.516. The third-order valence-corrected chi connectivity index (χ3v) is 4.62. The summed E-state index contributed by atoms with van der Waals surface area (Å²) in [5.41, 5.74) is 1.06. The third-order valence-electron chi connectivity index (χ3n) is 3.22. The van der Waals surface area contributed by atoms with Crippen molar-refractivity contribution in [3.63, 3.8) is 0 Å². The lowest BCUT2D eigenvalue weighted by Crippen LogP contribution is -2.29. The number of carboxylic acid groups (broad SMARTS) is 1. The third kappa shape index (κ3) is 5.33. The summed E-state index contributed by atoms with van der Waals surface area (Å²) in [7, 11) is 0. The van der Waals surface area contributed by atoms with Gasteiger partial charge in [0, 0.05) is 12.5 Å². The van der Waals surface area contributed by atoms with E-state index in [0.717, 1.165) is 5.56 Å². The fourth-order valence-electron chi connectivity index (χ4n) is 2.06. The van der Waals surface area contributed by atoms with E-state index in [4.69, 9.17) is 12.2 Å². The van der Waals surface area contributed by atoms with Gasteiger partial charge in [-0.15, -0.1) is 0 Å². The lowest BCUT2D eigenvalue weighted by Gasteiger charge is -2.14. The van der Waals surface area contributed by atoms with Crippen LogP contribution in [0.5, 0.6) is 0 Å². The summed E-state index contributed by atoms with van der Waals surface area (Å²) >= 11 is 6.48. The fourth-order valence-corrected chi connectivity index (χ4v) is 3.32. The fraction of sp³-hybridized carbons (Fsp3) is 0.235. The smallest absolute Gasteiger partial charge is 0.266 e. The van der Waals surface area contributed by atoms with Crippen molar-refractivity contribution in [3.8, 4) is 0 Å². The van der Waals surface area contributed by atoms with Crippen LogP contribution < -0.4 is 5.11 Å². The highest BCUT2D eigenvalue weighted by molar-refractivity contribution is 8.26. The first-order valence-electron chi connectivity index (χ1n) is 7.25. The molecular weight excluding hydrogens is 330 g/mol. The van der Waals surface area contributed by atoms with Crippen LogP contribution >= 0.6 is 24.0 Å². The van der Waals surface area contributed by atoms with E-state index in [1.165, 1.54) is 16.7 Å². The summed E-state index contributed by atoms with van der Waals surface area (Å²) in [6.07, 6.45) is 6.59. The molecule has 120 valence electrons. The van der Waals surface area contributed by atoms with Crippen LogP contribution in [0.3, 0.4) is 0 Å². The van der Waals surface area contributed by atoms with Gasteiger partial charge >= 0.3 is 0 Å². The van der Waals surface area contributed by atoms with Gasteiger partial charge in [-0.05, 0) is 30.9 Å². The van der Waals surface area contributed by atoms with Crippen molar-refractivity contribution >= 4 is 46.3 Å². The maximum absolute atomic E-state index is 12.3. The van der Waals surface area contributed by atoms with Gasteiger partial charge in [0.15, 0.2) is 0 Å². The lowest BCUT2D eigenvalue weighted by molar-refractivity contribution is -0.305. The first-order valence-corrected chi connectivity index (χ1v) is 8.47. The van der Waals surface area contributed by atoms with Crippen LogP contribution in [0.4, 0.5) is 0 Å². The van der Waals surface area contributed by atoms with E-state index in [9.17, 15) is 14.7 Å². The van der Waals surface area contributed by atoms with Gasteiger partial charge < -0.3 is 9.90 Å². The highest BCUT2D eigenvalue weighted by Crippen LogP contribution is 2.31. The molecule has 0 N–H and O–H groups in total. The molecule has 0 aliphatic carbocycles. The maximum atomic E-state index is 12.3. The van der Waals surface area contributed by atoms with Gasteiger partial charge in [0.1, 0.15) is 4.32 Å². The van der Waals surface area contributed by atoms with Gasteiger partial charge in [-0.1, -0.05) is 66.5 Å². The number of rotatable bonds is 7. The first kappa shape index (κ1) is 17.4. The molecule has 1 saturated heterocycles. The molecule has 1 aliphatic heterocycles. The molecule has 0 spiro atoms. The number of benzene rings is 1. The molecule has 1 heterocycles. The van der Waals surface area contributed by atoms with Crippen LogP contribution in [0, 0.1) is 0 Å². The Balaban J connectivity index is 1.91. The van der Waals surface area contributed by atoms with Gasteiger partial charge in [0.2, 0.25) is 0 Å². The number of hydrogen-bond donors (Lipinski definition) is 0. The van der Waals surface area contributed by atoms with E-state index in [1.54, 1.807) is 6.08 Å². The van der Waals surface area contributed by atoms with E-state index in [1.807, 2.05) is 42.5 Å². The molecule has 2 rings (SSSR count). The summed E-state index contributed by atoms with van der Waals surface area (Å²) in [4.78, 5) is 24.8. The summed E-state index contributed by atoms with van der Waals surface area (Å²) in [5.74, 6) is -1.19. The molecule has 0 aromatic heterocycles. The number of thioether (sulfide) groups is 1. The maximum Gasteiger partial charge on any atom is 0.266 e. The van der Waals surface area contributed by atoms with Crippen molar-refractivity contribution in [2.45, 2.75) is 19.3 Å². The molecule has 1 fully saturated rings. The lowest BCUT2D eigenvalue weighted by atomic mass is 10.2. The largest absolute Gasteiger partial charge is 0.550 e. The molecular formula is C17H16NO3S2-. The second kappa shape index (κ2) is 8.64. The normalized spacial score (nSPS) is 16.7. The molecule has 1 aromatic rings. The topological polar surface area (TPSA) is 60.4 Å². The number of thiocarbonyl (C=S) groups is 1. The summed E-state index contributed by atoms with van der Waals surface area (Å²) in [5, 5.41) is 10.4. The van der Waals surface area contributed by atoms with E-state index >= 15 is 0 Å². The van der Waals surface area contributed by atoms with Crippen LogP contribution in [0.1, 0.15) is 24.8 Å². The van der Waals surface area contributed by atoms with Gasteiger partial charge in [-0.3, -0.25) is 9.69 Å². The van der Waals surface area contributed by atoms with E-state index in [0.29, 0.717) is 28.6 Å². The molecule has 0 atom stereocenters. The monoisotopic (exact) mass is 346 g/mol. The zero-order valence-corrected chi connectivity index (χ0v) is 14.1. The minimum Gasteiger partial charge on any atom is -0.550 e. The Morgan fingerprint density at radius 2 is 2.00 bits per heavy atom. The van der Waals surface area contributed by atoms with Crippen LogP contribution in [-0.2, 0) is 9.59 Å². The average molecular weight is 346 g/mol. The van der Waals surface area contributed by atoms with Crippen LogP contribution in [-0.4, -0.2) is 27.6 Å². The van der Waals surface area contributed by atoms with Gasteiger partial charge in [-0.25, -0.2) is 0 Å². The predicted octanol–water partition coefficient (Wildman–Crippen LogP) is 2.36. The number of nitrogens with zero attached hydrogens (tertiary/aromatic N) is 1. The number of amides is 1. The summed E-state index contributed by atoms with van der Waals surface area (Å²) in [6.45, 7) is 0.442. The molecule has 0 saturated carbocycles. The highest BCUT2D eigenvalue weighted by atomic mass is 32.2. The van der Waals surface area contributed by atoms with E-state index < -0.39 is 5.97 Å². The van der Waals surface area contributed by atoms with Crippen LogP contribution in [0.15, 0.2) is 47.4 Å². The Labute approximate surface area is 144 Å². The number of allylic oxidation sites excluding steroid dienone is 2. The predicted molar refractivity (Wildman–Crippen MR) is 94.3 cm³/mol. The molecule has 6 heteroatoms.